The lowest BCUT2D eigenvalue weighted by atomic mass is 10.0. The average molecular weight is 296 g/mol. The van der Waals surface area contributed by atoms with E-state index in [1.54, 1.807) is 0 Å². The molecular weight excluding hydrogens is 272 g/mol. The second kappa shape index (κ2) is 6.44. The number of nitrogens with two attached hydrogens (primary N) is 1. The van der Waals surface area contributed by atoms with Crippen molar-refractivity contribution in [3.63, 3.8) is 0 Å². The summed E-state index contributed by atoms with van der Waals surface area (Å²) in [6.07, 6.45) is 3.39. The van der Waals surface area contributed by atoms with Crippen LogP contribution in [0.4, 0.5) is 5.95 Å². The highest BCUT2D eigenvalue weighted by molar-refractivity contribution is 5.65. The van der Waals surface area contributed by atoms with Crippen molar-refractivity contribution >= 4 is 5.95 Å². The third kappa shape index (κ3) is 2.97. The number of rotatable bonds is 4. The number of aromatic nitrogens is 2. The maximum absolute atomic E-state index is 5.62. The Hall–Kier alpha value is -1.94. The molecule has 3 rings (SSSR count). The zero-order valence-electron chi connectivity index (χ0n) is 13.5. The highest BCUT2D eigenvalue weighted by Gasteiger charge is 2.18. The first-order valence-corrected chi connectivity index (χ1v) is 8.08. The van der Waals surface area contributed by atoms with Crippen LogP contribution in [0.3, 0.4) is 0 Å². The van der Waals surface area contributed by atoms with E-state index in [0.29, 0.717) is 6.54 Å². The van der Waals surface area contributed by atoms with Gasteiger partial charge in [-0.1, -0.05) is 24.3 Å². The molecule has 1 fully saturated rings. The van der Waals surface area contributed by atoms with E-state index in [0.717, 1.165) is 48.0 Å². The van der Waals surface area contributed by atoms with Crippen molar-refractivity contribution in [2.24, 2.45) is 5.73 Å². The molecule has 1 aromatic carbocycles. The molecule has 0 spiro atoms. The second-order valence-electron chi connectivity index (χ2n) is 6.01. The van der Waals surface area contributed by atoms with Gasteiger partial charge < -0.3 is 10.6 Å². The molecule has 4 heteroatoms. The predicted molar refractivity (Wildman–Crippen MR) is 91.1 cm³/mol. The highest BCUT2D eigenvalue weighted by atomic mass is 15.3. The molecule has 116 valence electrons. The number of benzene rings is 1. The van der Waals surface area contributed by atoms with Gasteiger partial charge in [-0.05, 0) is 50.8 Å². The van der Waals surface area contributed by atoms with E-state index in [9.17, 15) is 0 Å². The highest BCUT2D eigenvalue weighted by Crippen LogP contribution is 2.27. The lowest BCUT2D eigenvalue weighted by molar-refractivity contribution is 0.885. The van der Waals surface area contributed by atoms with Gasteiger partial charge in [0.25, 0.3) is 0 Å². The topological polar surface area (TPSA) is 55.0 Å². The molecule has 2 N–H and O–H groups in total. The summed E-state index contributed by atoms with van der Waals surface area (Å²) in [6.45, 7) is 6.99. The molecule has 0 atom stereocenters. The molecule has 0 radical (unpaired) electrons. The Morgan fingerprint density at radius 3 is 2.36 bits per heavy atom. The molecule has 1 aromatic heterocycles. The standard InChI is InChI=1S/C18H24N4/c1-13-14(2)20-18(22-11-3-4-12-22)21-17(13)16-7-5-15(6-8-16)9-10-19/h5-8H,3-4,9-12,19H2,1-2H3. The lowest BCUT2D eigenvalue weighted by Gasteiger charge is -2.18. The molecule has 0 unspecified atom stereocenters. The number of nitrogens with zero attached hydrogens (tertiary/aromatic N) is 3. The summed E-state index contributed by atoms with van der Waals surface area (Å²) in [5, 5.41) is 0. The van der Waals surface area contributed by atoms with Crippen LogP contribution in [-0.4, -0.2) is 29.6 Å². The minimum absolute atomic E-state index is 0.685. The maximum Gasteiger partial charge on any atom is 0.226 e. The summed E-state index contributed by atoms with van der Waals surface area (Å²) >= 11 is 0. The number of anilines is 1. The molecule has 1 aliphatic rings. The smallest absolute Gasteiger partial charge is 0.226 e. The van der Waals surface area contributed by atoms with Crippen molar-refractivity contribution in [1.29, 1.82) is 0 Å². The Labute approximate surface area is 132 Å². The van der Waals surface area contributed by atoms with E-state index in [2.05, 4.69) is 48.0 Å². The summed E-state index contributed by atoms with van der Waals surface area (Å²) in [7, 11) is 0. The van der Waals surface area contributed by atoms with Gasteiger partial charge in [-0.3, -0.25) is 0 Å². The van der Waals surface area contributed by atoms with Gasteiger partial charge in [0.15, 0.2) is 0 Å². The summed E-state index contributed by atoms with van der Waals surface area (Å²) in [5.41, 5.74) is 11.3. The van der Waals surface area contributed by atoms with Crippen LogP contribution >= 0.6 is 0 Å². The van der Waals surface area contributed by atoms with Gasteiger partial charge in [0, 0.05) is 24.3 Å². The fourth-order valence-electron chi connectivity index (χ4n) is 2.95. The molecule has 4 nitrogen and oxygen atoms in total. The van der Waals surface area contributed by atoms with E-state index in [-0.39, 0.29) is 0 Å². The lowest BCUT2D eigenvalue weighted by Crippen LogP contribution is -2.21. The van der Waals surface area contributed by atoms with Gasteiger partial charge in [0.2, 0.25) is 5.95 Å². The van der Waals surface area contributed by atoms with Crippen LogP contribution in [0.5, 0.6) is 0 Å². The first-order chi connectivity index (χ1) is 10.7. The Morgan fingerprint density at radius 2 is 1.73 bits per heavy atom. The minimum Gasteiger partial charge on any atom is -0.341 e. The molecule has 0 amide bonds. The van der Waals surface area contributed by atoms with Crippen molar-refractivity contribution < 1.29 is 0 Å². The van der Waals surface area contributed by atoms with E-state index < -0.39 is 0 Å². The zero-order chi connectivity index (χ0) is 15.5. The Kier molecular flexibility index (Phi) is 4.39. The average Bonchev–Trinajstić information content (AvgIpc) is 3.05. The molecule has 0 aliphatic carbocycles. The van der Waals surface area contributed by atoms with Crippen LogP contribution in [0.1, 0.15) is 29.7 Å². The predicted octanol–water partition coefficient (Wildman–Crippen LogP) is 2.86. The van der Waals surface area contributed by atoms with Crippen LogP contribution in [0, 0.1) is 13.8 Å². The van der Waals surface area contributed by atoms with Crippen molar-refractivity contribution in [3.05, 3.63) is 41.1 Å². The van der Waals surface area contributed by atoms with Crippen molar-refractivity contribution in [3.8, 4) is 11.3 Å². The van der Waals surface area contributed by atoms with Gasteiger partial charge in [-0.15, -0.1) is 0 Å². The van der Waals surface area contributed by atoms with Gasteiger partial charge in [-0.25, -0.2) is 9.97 Å². The third-order valence-corrected chi connectivity index (χ3v) is 4.43. The number of hydrogen-bond acceptors (Lipinski definition) is 4. The maximum atomic E-state index is 5.62. The molecule has 1 aliphatic heterocycles. The van der Waals surface area contributed by atoms with E-state index in [4.69, 9.17) is 10.7 Å². The summed E-state index contributed by atoms with van der Waals surface area (Å²) in [6, 6.07) is 8.59. The van der Waals surface area contributed by atoms with E-state index >= 15 is 0 Å². The molecule has 1 saturated heterocycles. The molecule has 2 aromatic rings. The SMILES string of the molecule is Cc1nc(N2CCCC2)nc(-c2ccc(CCN)cc2)c1C. The Morgan fingerprint density at radius 1 is 1.05 bits per heavy atom. The zero-order valence-corrected chi connectivity index (χ0v) is 13.5. The summed E-state index contributed by atoms with van der Waals surface area (Å²) in [4.78, 5) is 11.8. The van der Waals surface area contributed by atoms with Crippen molar-refractivity contribution in [2.75, 3.05) is 24.5 Å². The number of hydrogen-bond donors (Lipinski definition) is 1. The molecule has 0 bridgehead atoms. The molecule has 2 heterocycles. The fraction of sp³-hybridized carbons (Fsp3) is 0.444. The van der Waals surface area contributed by atoms with Gasteiger partial charge in [0.05, 0.1) is 5.69 Å². The molecular formula is C18H24N4. The van der Waals surface area contributed by atoms with E-state index in [1.165, 1.54) is 18.4 Å². The Balaban J connectivity index is 1.97. The van der Waals surface area contributed by atoms with Crippen LogP contribution in [-0.2, 0) is 6.42 Å². The van der Waals surface area contributed by atoms with Crippen molar-refractivity contribution in [1.82, 2.24) is 9.97 Å². The van der Waals surface area contributed by atoms with Crippen LogP contribution in [0.25, 0.3) is 11.3 Å². The monoisotopic (exact) mass is 296 g/mol. The van der Waals surface area contributed by atoms with Crippen LogP contribution in [0.15, 0.2) is 24.3 Å². The molecule has 22 heavy (non-hydrogen) atoms. The quantitative estimate of drug-likeness (QED) is 0.942. The van der Waals surface area contributed by atoms with Crippen LogP contribution < -0.4 is 10.6 Å². The minimum atomic E-state index is 0.685. The summed E-state index contributed by atoms with van der Waals surface area (Å²) in [5.74, 6) is 0.877. The number of aryl methyl sites for hydroxylation is 1. The first kappa shape index (κ1) is 15.0. The largest absolute Gasteiger partial charge is 0.341 e. The van der Waals surface area contributed by atoms with Gasteiger partial charge >= 0.3 is 0 Å². The van der Waals surface area contributed by atoms with Crippen LogP contribution in [0.2, 0.25) is 0 Å². The summed E-state index contributed by atoms with van der Waals surface area (Å²) < 4.78 is 0. The fourth-order valence-corrected chi connectivity index (χ4v) is 2.95. The second-order valence-corrected chi connectivity index (χ2v) is 6.01. The third-order valence-electron chi connectivity index (χ3n) is 4.43. The normalized spacial score (nSPS) is 14.6. The van der Waals surface area contributed by atoms with Gasteiger partial charge in [0.1, 0.15) is 0 Å². The Bertz CT molecular complexity index is 643. The van der Waals surface area contributed by atoms with Crippen molar-refractivity contribution in [2.45, 2.75) is 33.1 Å². The molecule has 0 saturated carbocycles. The first-order valence-electron chi connectivity index (χ1n) is 8.08. The van der Waals surface area contributed by atoms with Gasteiger partial charge in [-0.2, -0.15) is 0 Å². The van der Waals surface area contributed by atoms with E-state index in [1.807, 2.05) is 0 Å².